The van der Waals surface area contributed by atoms with E-state index in [0.717, 1.165) is 31.6 Å². The predicted molar refractivity (Wildman–Crippen MR) is 72.4 cm³/mol. The highest BCUT2D eigenvalue weighted by molar-refractivity contribution is 5.43. The second-order valence-electron chi connectivity index (χ2n) is 4.87. The summed E-state index contributed by atoms with van der Waals surface area (Å²) in [4.78, 5) is 2.29. The largest absolute Gasteiger partial charge is 0.493 e. The average molecular weight is 286 g/mol. The molecule has 1 N–H and O–H groups in total. The standard InChI is InChI=1S/C14H20F2N2O2/c1-17-11-5-6-18(9-11)8-10-3-4-12(19-2)13(7-10)20-14(15)16/h3-4,7,11,14,17H,5-6,8-9H2,1-2H3. The van der Waals surface area contributed by atoms with E-state index in [1.807, 2.05) is 13.1 Å². The Balaban J connectivity index is 2.05. The van der Waals surface area contributed by atoms with Crippen molar-refractivity contribution in [3.8, 4) is 11.5 Å². The first-order valence-corrected chi connectivity index (χ1v) is 6.63. The van der Waals surface area contributed by atoms with Gasteiger partial charge >= 0.3 is 6.61 Å². The molecule has 0 aromatic heterocycles. The van der Waals surface area contributed by atoms with E-state index >= 15 is 0 Å². The van der Waals surface area contributed by atoms with Gasteiger partial charge in [-0.2, -0.15) is 8.78 Å². The van der Waals surface area contributed by atoms with Crippen LogP contribution in [-0.4, -0.2) is 44.8 Å². The van der Waals surface area contributed by atoms with Crippen LogP contribution < -0.4 is 14.8 Å². The first-order chi connectivity index (χ1) is 9.62. The zero-order valence-corrected chi connectivity index (χ0v) is 11.7. The number of nitrogens with one attached hydrogen (secondary N) is 1. The van der Waals surface area contributed by atoms with E-state index in [-0.39, 0.29) is 5.75 Å². The van der Waals surface area contributed by atoms with Crippen LogP contribution in [0.3, 0.4) is 0 Å². The Morgan fingerprint density at radius 2 is 2.20 bits per heavy atom. The van der Waals surface area contributed by atoms with Gasteiger partial charge in [0.25, 0.3) is 0 Å². The second-order valence-corrected chi connectivity index (χ2v) is 4.87. The number of nitrogens with zero attached hydrogens (tertiary/aromatic N) is 1. The number of benzene rings is 1. The van der Waals surface area contributed by atoms with E-state index in [1.54, 1.807) is 12.1 Å². The van der Waals surface area contributed by atoms with Crippen LogP contribution in [0.1, 0.15) is 12.0 Å². The molecular formula is C14H20F2N2O2. The summed E-state index contributed by atoms with van der Waals surface area (Å²) in [5, 5.41) is 3.25. The number of methoxy groups -OCH3 is 1. The quantitative estimate of drug-likeness (QED) is 0.868. The molecular weight excluding hydrogens is 266 g/mol. The molecule has 0 amide bonds. The highest BCUT2D eigenvalue weighted by atomic mass is 19.3. The Hall–Kier alpha value is -1.40. The van der Waals surface area contributed by atoms with Gasteiger partial charge in [0.1, 0.15) is 0 Å². The van der Waals surface area contributed by atoms with Crippen LogP contribution >= 0.6 is 0 Å². The molecule has 2 rings (SSSR count). The number of hydrogen-bond acceptors (Lipinski definition) is 4. The summed E-state index contributed by atoms with van der Waals surface area (Å²) in [5.74, 6) is 0.410. The summed E-state index contributed by atoms with van der Waals surface area (Å²) < 4.78 is 34.3. The summed E-state index contributed by atoms with van der Waals surface area (Å²) in [6.07, 6.45) is 1.10. The number of hydrogen-bond donors (Lipinski definition) is 1. The first kappa shape index (κ1) is 15.0. The molecule has 1 atom stereocenters. The summed E-state index contributed by atoms with van der Waals surface area (Å²) in [6.45, 7) is -0.155. The van der Waals surface area contributed by atoms with Crippen LogP contribution in [0.25, 0.3) is 0 Å². The third-order valence-corrected chi connectivity index (χ3v) is 3.53. The number of ether oxygens (including phenoxy) is 2. The van der Waals surface area contributed by atoms with Gasteiger partial charge in [0.05, 0.1) is 7.11 Å². The van der Waals surface area contributed by atoms with Gasteiger partial charge in [0, 0.05) is 25.7 Å². The molecule has 1 aliphatic rings. The van der Waals surface area contributed by atoms with Crippen molar-refractivity contribution in [1.29, 1.82) is 0 Å². The molecule has 0 bridgehead atoms. The van der Waals surface area contributed by atoms with Crippen molar-refractivity contribution in [2.24, 2.45) is 0 Å². The lowest BCUT2D eigenvalue weighted by molar-refractivity contribution is -0.0512. The van der Waals surface area contributed by atoms with Crippen LogP contribution in [0.4, 0.5) is 8.78 Å². The Bertz CT molecular complexity index is 443. The lowest BCUT2D eigenvalue weighted by atomic mass is 10.2. The molecule has 6 heteroatoms. The molecule has 1 aliphatic heterocycles. The molecule has 1 fully saturated rings. The van der Waals surface area contributed by atoms with Gasteiger partial charge in [0.2, 0.25) is 0 Å². The molecule has 1 saturated heterocycles. The number of likely N-dealkylation sites (tertiary alicyclic amines) is 1. The molecule has 1 heterocycles. The normalized spacial score (nSPS) is 19.6. The molecule has 4 nitrogen and oxygen atoms in total. The van der Waals surface area contributed by atoms with E-state index in [1.165, 1.54) is 7.11 Å². The van der Waals surface area contributed by atoms with E-state index in [9.17, 15) is 8.78 Å². The summed E-state index contributed by atoms with van der Waals surface area (Å²) in [5.41, 5.74) is 0.943. The third kappa shape index (κ3) is 3.80. The summed E-state index contributed by atoms with van der Waals surface area (Å²) in [6, 6.07) is 5.67. The zero-order chi connectivity index (χ0) is 14.5. The van der Waals surface area contributed by atoms with Crippen molar-refractivity contribution >= 4 is 0 Å². The monoisotopic (exact) mass is 286 g/mol. The van der Waals surface area contributed by atoms with Crippen molar-refractivity contribution < 1.29 is 18.3 Å². The van der Waals surface area contributed by atoms with Crippen LogP contribution in [-0.2, 0) is 6.54 Å². The van der Waals surface area contributed by atoms with Gasteiger partial charge in [0.15, 0.2) is 11.5 Å². The van der Waals surface area contributed by atoms with Crippen LogP contribution in [0.15, 0.2) is 18.2 Å². The Morgan fingerprint density at radius 3 is 2.80 bits per heavy atom. The number of halogens is 2. The molecule has 1 aromatic rings. The lowest BCUT2D eigenvalue weighted by Gasteiger charge is -2.17. The van der Waals surface area contributed by atoms with Crippen LogP contribution in [0.5, 0.6) is 11.5 Å². The fourth-order valence-electron chi connectivity index (χ4n) is 2.48. The fraction of sp³-hybridized carbons (Fsp3) is 0.571. The predicted octanol–water partition coefficient (Wildman–Crippen LogP) is 2.09. The number of alkyl halides is 2. The SMILES string of the molecule is CNC1CCN(Cc2ccc(OC)c(OC(F)F)c2)C1. The van der Waals surface area contributed by atoms with Gasteiger partial charge in [-0.25, -0.2) is 0 Å². The van der Waals surface area contributed by atoms with Crippen LogP contribution in [0, 0.1) is 0 Å². The zero-order valence-electron chi connectivity index (χ0n) is 11.7. The van der Waals surface area contributed by atoms with Gasteiger partial charge in [-0.05, 0) is 31.2 Å². The maximum Gasteiger partial charge on any atom is 0.387 e. The molecule has 0 saturated carbocycles. The summed E-state index contributed by atoms with van der Waals surface area (Å²) >= 11 is 0. The first-order valence-electron chi connectivity index (χ1n) is 6.63. The van der Waals surface area contributed by atoms with Crippen LogP contribution in [0.2, 0.25) is 0 Å². The topological polar surface area (TPSA) is 33.7 Å². The highest BCUT2D eigenvalue weighted by Crippen LogP contribution is 2.30. The molecule has 20 heavy (non-hydrogen) atoms. The molecule has 1 unspecified atom stereocenters. The minimum absolute atomic E-state index is 0.0874. The van der Waals surface area contributed by atoms with Gasteiger partial charge in [-0.1, -0.05) is 6.07 Å². The number of likely N-dealkylation sites (N-methyl/N-ethyl adjacent to an activating group) is 1. The fourth-order valence-corrected chi connectivity index (χ4v) is 2.48. The third-order valence-electron chi connectivity index (χ3n) is 3.53. The lowest BCUT2D eigenvalue weighted by Crippen LogP contribution is -2.29. The smallest absolute Gasteiger partial charge is 0.387 e. The molecule has 0 radical (unpaired) electrons. The van der Waals surface area contributed by atoms with Gasteiger partial charge < -0.3 is 14.8 Å². The highest BCUT2D eigenvalue weighted by Gasteiger charge is 2.21. The minimum Gasteiger partial charge on any atom is -0.493 e. The Kier molecular flexibility index (Phi) is 5.14. The molecule has 0 aliphatic carbocycles. The van der Waals surface area contributed by atoms with Crippen molar-refractivity contribution in [3.63, 3.8) is 0 Å². The van der Waals surface area contributed by atoms with Gasteiger partial charge in [-0.15, -0.1) is 0 Å². The van der Waals surface area contributed by atoms with Gasteiger partial charge in [-0.3, -0.25) is 4.90 Å². The Morgan fingerprint density at radius 1 is 1.40 bits per heavy atom. The second kappa shape index (κ2) is 6.85. The molecule has 0 spiro atoms. The van der Waals surface area contributed by atoms with Crippen molar-refractivity contribution in [3.05, 3.63) is 23.8 Å². The summed E-state index contributed by atoms with van der Waals surface area (Å²) in [7, 11) is 3.39. The molecule has 1 aromatic carbocycles. The number of rotatable bonds is 6. The van der Waals surface area contributed by atoms with E-state index in [4.69, 9.17) is 4.74 Å². The molecule has 112 valence electrons. The van der Waals surface area contributed by atoms with E-state index < -0.39 is 6.61 Å². The van der Waals surface area contributed by atoms with E-state index in [0.29, 0.717) is 11.8 Å². The van der Waals surface area contributed by atoms with Crippen molar-refractivity contribution in [1.82, 2.24) is 10.2 Å². The average Bonchev–Trinajstić information content (AvgIpc) is 2.86. The Labute approximate surface area is 117 Å². The van der Waals surface area contributed by atoms with E-state index in [2.05, 4.69) is 15.0 Å². The minimum atomic E-state index is -2.85. The van der Waals surface area contributed by atoms with Crippen molar-refractivity contribution in [2.75, 3.05) is 27.2 Å². The maximum atomic E-state index is 12.4. The maximum absolute atomic E-state index is 12.4. The van der Waals surface area contributed by atoms with Crippen molar-refractivity contribution in [2.45, 2.75) is 25.6 Å².